The van der Waals surface area contributed by atoms with Gasteiger partial charge in [0.15, 0.2) is 11.5 Å². The van der Waals surface area contributed by atoms with E-state index in [1.165, 1.54) is 0 Å². The number of carbonyl (C=O) groups excluding carboxylic acids is 1. The van der Waals surface area contributed by atoms with Crippen LogP contribution in [0, 0.1) is 0 Å². The Labute approximate surface area is 155 Å². The lowest BCUT2D eigenvalue weighted by Gasteiger charge is -2.26. The van der Waals surface area contributed by atoms with E-state index in [0.717, 1.165) is 16.5 Å². The third-order valence-electron chi connectivity index (χ3n) is 5.03. The monoisotopic (exact) mass is 365 g/mol. The van der Waals surface area contributed by atoms with Crippen LogP contribution in [0.25, 0.3) is 10.9 Å². The Morgan fingerprint density at radius 1 is 1.04 bits per heavy atom. The van der Waals surface area contributed by atoms with Gasteiger partial charge in [-0.25, -0.2) is 0 Å². The minimum atomic E-state index is -0.413. The molecule has 6 nitrogen and oxygen atoms in total. The summed E-state index contributed by atoms with van der Waals surface area (Å²) in [7, 11) is 4.84. The van der Waals surface area contributed by atoms with E-state index >= 15 is 0 Å². The van der Waals surface area contributed by atoms with Gasteiger partial charge in [0, 0.05) is 18.4 Å². The lowest BCUT2D eigenvalue weighted by Crippen LogP contribution is -2.31. The second-order valence-electron chi connectivity index (χ2n) is 6.47. The molecule has 0 spiro atoms. The number of nitrogens with zero attached hydrogens (tertiary/aromatic N) is 1. The molecule has 1 aliphatic heterocycles. The number of fused-ring (bicyclic) bond motifs is 3. The van der Waals surface area contributed by atoms with E-state index in [-0.39, 0.29) is 17.9 Å². The molecule has 2 aromatic carbocycles. The first kappa shape index (κ1) is 17.1. The number of aryl methyl sites for hydroxylation is 1. The maximum atomic E-state index is 13.1. The van der Waals surface area contributed by atoms with Gasteiger partial charge in [-0.15, -0.1) is 0 Å². The van der Waals surface area contributed by atoms with Gasteiger partial charge in [0.05, 0.1) is 31.7 Å². The molecular formula is C21H19NO5. The number of pyridine rings is 1. The zero-order chi connectivity index (χ0) is 19.1. The van der Waals surface area contributed by atoms with Crippen LogP contribution in [0.2, 0.25) is 0 Å². The van der Waals surface area contributed by atoms with Crippen LogP contribution >= 0.6 is 0 Å². The molecule has 1 aliphatic rings. The van der Waals surface area contributed by atoms with Crippen LogP contribution in [-0.2, 0) is 11.8 Å². The number of hydrogen-bond donors (Lipinski definition) is 0. The SMILES string of the molecule is COc1ccc(C2CC(=O)Oc3c2c(=O)n(C)c2ccccc32)cc1OC. The number of aromatic nitrogens is 1. The predicted molar refractivity (Wildman–Crippen MR) is 101 cm³/mol. The third-order valence-corrected chi connectivity index (χ3v) is 5.03. The predicted octanol–water partition coefficient (Wildman–Crippen LogP) is 3.00. The van der Waals surface area contributed by atoms with Crippen molar-refractivity contribution < 1.29 is 19.0 Å². The highest BCUT2D eigenvalue weighted by atomic mass is 16.5. The first-order valence-electron chi connectivity index (χ1n) is 8.59. The minimum absolute atomic E-state index is 0.0933. The molecule has 0 N–H and O–H groups in total. The smallest absolute Gasteiger partial charge is 0.312 e. The standard InChI is InChI=1S/C21H19NO5/c1-22-15-7-5-4-6-13(15)20-19(21(22)24)14(11-18(23)27-20)12-8-9-16(25-2)17(10-12)26-3/h4-10,14H,11H2,1-3H3. The molecule has 0 bridgehead atoms. The van der Waals surface area contributed by atoms with Crippen LogP contribution in [0.3, 0.4) is 0 Å². The van der Waals surface area contributed by atoms with E-state index in [9.17, 15) is 9.59 Å². The Bertz CT molecular complexity index is 1120. The number of para-hydroxylation sites is 1. The van der Waals surface area contributed by atoms with Gasteiger partial charge in [-0.3, -0.25) is 9.59 Å². The first-order valence-corrected chi connectivity index (χ1v) is 8.59. The van der Waals surface area contributed by atoms with E-state index in [1.807, 2.05) is 30.3 Å². The Morgan fingerprint density at radius 3 is 2.52 bits per heavy atom. The van der Waals surface area contributed by atoms with Crippen molar-refractivity contribution in [3.05, 3.63) is 63.9 Å². The molecule has 1 atom stereocenters. The molecule has 0 amide bonds. The average molecular weight is 365 g/mol. The highest BCUT2D eigenvalue weighted by molar-refractivity contribution is 5.91. The molecule has 0 saturated heterocycles. The Morgan fingerprint density at radius 2 is 1.78 bits per heavy atom. The number of esters is 1. The van der Waals surface area contributed by atoms with Gasteiger partial charge < -0.3 is 18.8 Å². The van der Waals surface area contributed by atoms with Crippen LogP contribution < -0.4 is 19.8 Å². The summed E-state index contributed by atoms with van der Waals surface area (Å²) in [4.78, 5) is 25.5. The number of ether oxygens (including phenoxy) is 3. The molecule has 0 fully saturated rings. The zero-order valence-corrected chi connectivity index (χ0v) is 15.3. The Hall–Kier alpha value is -3.28. The highest BCUT2D eigenvalue weighted by Crippen LogP contribution is 2.42. The van der Waals surface area contributed by atoms with E-state index in [4.69, 9.17) is 14.2 Å². The van der Waals surface area contributed by atoms with E-state index in [0.29, 0.717) is 22.8 Å². The van der Waals surface area contributed by atoms with Crippen molar-refractivity contribution in [2.24, 2.45) is 7.05 Å². The van der Waals surface area contributed by atoms with Crippen LogP contribution in [0.5, 0.6) is 17.2 Å². The summed E-state index contributed by atoms with van der Waals surface area (Å²) in [5.74, 6) is 0.717. The van der Waals surface area contributed by atoms with Gasteiger partial charge in [0.2, 0.25) is 0 Å². The Balaban J connectivity index is 1.99. The number of methoxy groups -OCH3 is 2. The largest absolute Gasteiger partial charge is 0.493 e. The molecule has 0 radical (unpaired) electrons. The number of rotatable bonds is 3. The maximum absolute atomic E-state index is 13.1. The minimum Gasteiger partial charge on any atom is -0.493 e. The lowest BCUT2D eigenvalue weighted by atomic mass is 9.86. The van der Waals surface area contributed by atoms with E-state index < -0.39 is 5.92 Å². The molecule has 27 heavy (non-hydrogen) atoms. The van der Waals surface area contributed by atoms with Gasteiger partial charge in [-0.05, 0) is 29.8 Å². The topological polar surface area (TPSA) is 66.8 Å². The first-order chi connectivity index (χ1) is 13.0. The molecular weight excluding hydrogens is 346 g/mol. The fourth-order valence-electron chi connectivity index (χ4n) is 3.69. The second kappa shape index (κ2) is 6.46. The highest BCUT2D eigenvalue weighted by Gasteiger charge is 2.34. The normalized spacial score (nSPS) is 16.0. The summed E-state index contributed by atoms with van der Waals surface area (Å²) < 4.78 is 17.8. The fraction of sp³-hybridized carbons (Fsp3) is 0.238. The fourth-order valence-corrected chi connectivity index (χ4v) is 3.69. The molecule has 2 heterocycles. The van der Waals surface area contributed by atoms with Gasteiger partial charge in [0.25, 0.3) is 5.56 Å². The van der Waals surface area contributed by atoms with Crippen LogP contribution in [-0.4, -0.2) is 24.8 Å². The van der Waals surface area contributed by atoms with Crippen molar-refractivity contribution in [1.82, 2.24) is 4.57 Å². The second-order valence-corrected chi connectivity index (χ2v) is 6.47. The molecule has 1 aromatic heterocycles. The summed E-state index contributed by atoms with van der Waals surface area (Å²) >= 11 is 0. The van der Waals surface area contributed by atoms with Gasteiger partial charge in [0.1, 0.15) is 5.75 Å². The van der Waals surface area contributed by atoms with Gasteiger partial charge in [-0.2, -0.15) is 0 Å². The van der Waals surface area contributed by atoms with Crippen molar-refractivity contribution in [1.29, 1.82) is 0 Å². The van der Waals surface area contributed by atoms with Crippen LogP contribution in [0.4, 0.5) is 0 Å². The van der Waals surface area contributed by atoms with Gasteiger partial charge in [-0.1, -0.05) is 18.2 Å². The summed E-state index contributed by atoms with van der Waals surface area (Å²) in [6.07, 6.45) is 0.0933. The summed E-state index contributed by atoms with van der Waals surface area (Å²) in [5.41, 5.74) is 1.85. The third kappa shape index (κ3) is 2.65. The molecule has 1 unspecified atom stereocenters. The number of benzene rings is 2. The maximum Gasteiger partial charge on any atom is 0.312 e. The molecule has 0 saturated carbocycles. The molecule has 0 aliphatic carbocycles. The van der Waals surface area contributed by atoms with Crippen molar-refractivity contribution in [3.63, 3.8) is 0 Å². The number of hydrogen-bond acceptors (Lipinski definition) is 5. The van der Waals surface area contributed by atoms with E-state index in [2.05, 4.69) is 0 Å². The van der Waals surface area contributed by atoms with Crippen molar-refractivity contribution >= 4 is 16.9 Å². The molecule has 3 aromatic rings. The number of carbonyl (C=O) groups is 1. The van der Waals surface area contributed by atoms with Crippen LogP contribution in [0.1, 0.15) is 23.5 Å². The van der Waals surface area contributed by atoms with Crippen molar-refractivity contribution in [2.75, 3.05) is 14.2 Å². The Kier molecular flexibility index (Phi) is 4.11. The summed E-state index contributed by atoms with van der Waals surface area (Å²) in [6.45, 7) is 0. The average Bonchev–Trinajstić information content (AvgIpc) is 2.70. The zero-order valence-electron chi connectivity index (χ0n) is 15.3. The molecule has 4 rings (SSSR count). The summed E-state index contributed by atoms with van der Waals surface area (Å²) in [6, 6.07) is 12.8. The molecule has 138 valence electrons. The molecule has 6 heteroatoms. The van der Waals surface area contributed by atoms with Crippen LogP contribution in [0.15, 0.2) is 47.3 Å². The lowest BCUT2D eigenvalue weighted by molar-refractivity contribution is -0.135. The van der Waals surface area contributed by atoms with E-state index in [1.54, 1.807) is 38.0 Å². The van der Waals surface area contributed by atoms with Gasteiger partial charge >= 0.3 is 5.97 Å². The van der Waals surface area contributed by atoms with Crippen molar-refractivity contribution in [3.8, 4) is 17.2 Å². The van der Waals surface area contributed by atoms with Crippen molar-refractivity contribution in [2.45, 2.75) is 12.3 Å². The summed E-state index contributed by atoms with van der Waals surface area (Å²) in [5, 5.41) is 0.744. The quantitative estimate of drug-likeness (QED) is 0.668.